The molecule has 0 aliphatic carbocycles. The first kappa shape index (κ1) is 12.6. The molecule has 0 amide bonds. The molecule has 3 nitrogen and oxygen atoms in total. The van der Waals surface area contributed by atoms with Gasteiger partial charge in [0, 0.05) is 32.3 Å². The molecule has 0 saturated carbocycles. The number of allylic oxidation sites excluding steroid dienone is 1. The van der Waals surface area contributed by atoms with E-state index in [4.69, 9.17) is 5.26 Å². The molecule has 4 heteroatoms. The molecule has 94 valence electrons. The van der Waals surface area contributed by atoms with Crippen molar-refractivity contribution < 1.29 is 4.39 Å². The van der Waals surface area contributed by atoms with Gasteiger partial charge in [0.25, 0.3) is 0 Å². The molecule has 0 radical (unpaired) electrons. The Bertz CT molecular complexity index is 465. The van der Waals surface area contributed by atoms with Gasteiger partial charge in [-0.25, -0.2) is 4.39 Å². The minimum absolute atomic E-state index is 0.256. The molecule has 0 unspecified atom stereocenters. The summed E-state index contributed by atoms with van der Waals surface area (Å²) in [4.78, 5) is 4.43. The van der Waals surface area contributed by atoms with Crippen LogP contribution in [0.5, 0.6) is 0 Å². The molecular weight excluding hydrogens is 229 g/mol. The fraction of sp³-hybridized carbons (Fsp3) is 0.357. The average molecular weight is 245 g/mol. The first-order valence-electron chi connectivity index (χ1n) is 6.00. The first-order valence-corrected chi connectivity index (χ1v) is 6.00. The summed E-state index contributed by atoms with van der Waals surface area (Å²) in [6.07, 6.45) is 1.54. The Balaban J connectivity index is 2.22. The standard InChI is InChI=1S/C14H16FN3/c1-17-8-10-18(11-9-17)14(6-7-16)12-2-4-13(15)5-3-12/h2-6H,8-11H2,1H3. The number of likely N-dealkylation sites (N-methyl/N-ethyl adjacent to an activating group) is 1. The van der Waals surface area contributed by atoms with E-state index in [2.05, 4.69) is 22.9 Å². The summed E-state index contributed by atoms with van der Waals surface area (Å²) in [7, 11) is 2.09. The fourth-order valence-electron chi connectivity index (χ4n) is 2.09. The van der Waals surface area contributed by atoms with Gasteiger partial charge in [0.2, 0.25) is 0 Å². The Hall–Kier alpha value is -1.86. The van der Waals surface area contributed by atoms with Gasteiger partial charge in [0.1, 0.15) is 5.82 Å². The van der Waals surface area contributed by atoms with Gasteiger partial charge in [0.15, 0.2) is 0 Å². The van der Waals surface area contributed by atoms with Crippen molar-refractivity contribution in [2.75, 3.05) is 33.2 Å². The van der Waals surface area contributed by atoms with Gasteiger partial charge in [-0.1, -0.05) is 0 Å². The molecule has 1 aromatic carbocycles. The lowest BCUT2D eigenvalue weighted by Gasteiger charge is -2.35. The van der Waals surface area contributed by atoms with E-state index in [1.165, 1.54) is 12.1 Å². The molecule has 0 aromatic heterocycles. The summed E-state index contributed by atoms with van der Waals surface area (Å²) >= 11 is 0. The van der Waals surface area contributed by atoms with Crippen molar-refractivity contribution in [3.05, 3.63) is 41.7 Å². The summed E-state index contributed by atoms with van der Waals surface area (Å²) in [5.74, 6) is -0.256. The number of benzene rings is 1. The van der Waals surface area contributed by atoms with E-state index in [1.807, 2.05) is 0 Å². The topological polar surface area (TPSA) is 30.3 Å². The van der Waals surface area contributed by atoms with Crippen molar-refractivity contribution in [2.24, 2.45) is 0 Å². The molecule has 1 aromatic rings. The quantitative estimate of drug-likeness (QED) is 0.746. The molecule has 1 saturated heterocycles. The van der Waals surface area contributed by atoms with Gasteiger partial charge in [-0.05, 0) is 36.9 Å². The Kier molecular flexibility index (Phi) is 3.96. The summed E-state index contributed by atoms with van der Waals surface area (Å²) in [6.45, 7) is 3.73. The second-order valence-electron chi connectivity index (χ2n) is 4.46. The second-order valence-corrected chi connectivity index (χ2v) is 4.46. The highest BCUT2D eigenvalue weighted by atomic mass is 19.1. The number of piperazine rings is 1. The van der Waals surface area contributed by atoms with Crippen LogP contribution in [0.3, 0.4) is 0 Å². The van der Waals surface area contributed by atoms with Crippen LogP contribution in [0.25, 0.3) is 5.70 Å². The maximum atomic E-state index is 12.9. The third-order valence-electron chi connectivity index (χ3n) is 3.19. The molecule has 0 N–H and O–H groups in total. The highest BCUT2D eigenvalue weighted by Gasteiger charge is 2.17. The molecule has 1 aliphatic heterocycles. The molecule has 0 atom stereocenters. The summed E-state index contributed by atoms with van der Waals surface area (Å²) in [6, 6.07) is 8.37. The maximum Gasteiger partial charge on any atom is 0.123 e. The predicted octanol–water partition coefficient (Wildman–Crippen LogP) is 1.94. The monoisotopic (exact) mass is 245 g/mol. The van der Waals surface area contributed by atoms with Crippen molar-refractivity contribution in [1.29, 1.82) is 5.26 Å². The summed E-state index contributed by atoms with van der Waals surface area (Å²) in [5, 5.41) is 8.90. The van der Waals surface area contributed by atoms with Gasteiger partial charge in [-0.15, -0.1) is 0 Å². The average Bonchev–Trinajstić information content (AvgIpc) is 2.39. The SMILES string of the molecule is CN1CCN(C(=CC#N)c2ccc(F)cc2)CC1. The van der Waals surface area contributed by atoms with Gasteiger partial charge in [-0.2, -0.15) is 5.26 Å². The summed E-state index contributed by atoms with van der Waals surface area (Å²) in [5.41, 5.74) is 1.77. The maximum absolute atomic E-state index is 12.9. The van der Waals surface area contributed by atoms with Crippen molar-refractivity contribution in [2.45, 2.75) is 0 Å². The second kappa shape index (κ2) is 5.65. The van der Waals surface area contributed by atoms with Crippen LogP contribution in [-0.2, 0) is 0 Å². The predicted molar refractivity (Wildman–Crippen MR) is 69.1 cm³/mol. The molecule has 18 heavy (non-hydrogen) atoms. The van der Waals surface area contributed by atoms with Crippen LogP contribution in [0, 0.1) is 17.1 Å². The van der Waals surface area contributed by atoms with Gasteiger partial charge in [-0.3, -0.25) is 0 Å². The lowest BCUT2D eigenvalue weighted by Crippen LogP contribution is -2.43. The largest absolute Gasteiger partial charge is 0.368 e. The van der Waals surface area contributed by atoms with E-state index in [0.717, 1.165) is 37.4 Å². The Morgan fingerprint density at radius 1 is 1.22 bits per heavy atom. The number of hydrogen-bond donors (Lipinski definition) is 0. The van der Waals surface area contributed by atoms with Crippen molar-refractivity contribution in [3.8, 4) is 6.07 Å². The van der Waals surface area contributed by atoms with E-state index in [9.17, 15) is 4.39 Å². The lowest BCUT2D eigenvalue weighted by atomic mass is 10.1. The molecule has 1 heterocycles. The zero-order valence-electron chi connectivity index (χ0n) is 10.4. The highest BCUT2D eigenvalue weighted by Crippen LogP contribution is 2.20. The molecule has 1 fully saturated rings. The number of halogens is 1. The molecule has 1 aliphatic rings. The van der Waals surface area contributed by atoms with E-state index < -0.39 is 0 Å². The number of rotatable bonds is 2. The minimum atomic E-state index is -0.256. The van der Waals surface area contributed by atoms with Gasteiger partial charge in [0.05, 0.1) is 11.8 Å². The zero-order valence-corrected chi connectivity index (χ0v) is 10.4. The Morgan fingerprint density at radius 3 is 2.39 bits per heavy atom. The molecular formula is C14H16FN3. The van der Waals surface area contributed by atoms with Crippen molar-refractivity contribution in [1.82, 2.24) is 9.80 Å². The van der Waals surface area contributed by atoms with Crippen LogP contribution in [-0.4, -0.2) is 43.0 Å². The molecule has 0 bridgehead atoms. The van der Waals surface area contributed by atoms with Crippen LogP contribution in [0.2, 0.25) is 0 Å². The highest BCUT2D eigenvalue weighted by molar-refractivity contribution is 5.66. The lowest BCUT2D eigenvalue weighted by molar-refractivity contribution is 0.207. The van der Waals surface area contributed by atoms with Crippen LogP contribution in [0.4, 0.5) is 4.39 Å². The van der Waals surface area contributed by atoms with Crippen LogP contribution in [0.1, 0.15) is 5.56 Å². The third kappa shape index (κ3) is 2.88. The first-order chi connectivity index (χ1) is 8.70. The Morgan fingerprint density at radius 2 is 1.83 bits per heavy atom. The van der Waals surface area contributed by atoms with E-state index in [0.29, 0.717) is 0 Å². The van der Waals surface area contributed by atoms with Crippen LogP contribution >= 0.6 is 0 Å². The molecule has 0 spiro atoms. The van der Waals surface area contributed by atoms with E-state index >= 15 is 0 Å². The minimum Gasteiger partial charge on any atom is -0.368 e. The molecule has 2 rings (SSSR count). The van der Waals surface area contributed by atoms with Crippen molar-refractivity contribution >= 4 is 5.70 Å². The summed E-state index contributed by atoms with van der Waals surface area (Å²) < 4.78 is 12.9. The van der Waals surface area contributed by atoms with Crippen LogP contribution < -0.4 is 0 Å². The Labute approximate surface area is 107 Å². The smallest absolute Gasteiger partial charge is 0.123 e. The zero-order chi connectivity index (χ0) is 13.0. The normalized spacial score (nSPS) is 17.6. The van der Waals surface area contributed by atoms with Crippen molar-refractivity contribution in [3.63, 3.8) is 0 Å². The van der Waals surface area contributed by atoms with Gasteiger partial charge < -0.3 is 9.80 Å². The third-order valence-corrected chi connectivity index (χ3v) is 3.19. The number of hydrogen-bond acceptors (Lipinski definition) is 3. The number of nitrogens with zero attached hydrogens (tertiary/aromatic N) is 3. The van der Waals surface area contributed by atoms with Gasteiger partial charge >= 0.3 is 0 Å². The van der Waals surface area contributed by atoms with E-state index in [-0.39, 0.29) is 5.82 Å². The fourth-order valence-corrected chi connectivity index (χ4v) is 2.09. The van der Waals surface area contributed by atoms with E-state index in [1.54, 1.807) is 18.2 Å². The number of nitriles is 1. The van der Waals surface area contributed by atoms with Crippen LogP contribution in [0.15, 0.2) is 30.3 Å².